The van der Waals surface area contributed by atoms with Crippen molar-refractivity contribution in [3.8, 4) is 0 Å². The number of likely N-dealkylation sites (N-methyl/N-ethyl adjacent to an activating group) is 1. The van der Waals surface area contributed by atoms with Crippen molar-refractivity contribution < 1.29 is 19.2 Å². The second-order valence-corrected chi connectivity index (χ2v) is 7.88. The van der Waals surface area contributed by atoms with Crippen molar-refractivity contribution in [2.24, 2.45) is 5.92 Å². The van der Waals surface area contributed by atoms with E-state index in [0.29, 0.717) is 5.56 Å². The van der Waals surface area contributed by atoms with Crippen molar-refractivity contribution in [1.29, 1.82) is 0 Å². The van der Waals surface area contributed by atoms with Gasteiger partial charge in [0, 0.05) is 14.0 Å². The summed E-state index contributed by atoms with van der Waals surface area (Å²) in [5, 5.41) is 10.3. The number of hydrogen-bond acceptors (Lipinski definition) is 4. The van der Waals surface area contributed by atoms with Crippen LogP contribution in [0.25, 0.3) is 12.2 Å². The number of benzene rings is 2. The molecule has 2 aromatic carbocycles. The average molecular weight is 463 g/mol. The summed E-state index contributed by atoms with van der Waals surface area (Å²) in [6.07, 6.45) is 3.07. The first kappa shape index (κ1) is 26.1. The molecule has 34 heavy (non-hydrogen) atoms. The molecule has 0 saturated carbocycles. The summed E-state index contributed by atoms with van der Waals surface area (Å²) in [6.45, 7) is 4.83. The summed E-state index contributed by atoms with van der Waals surface area (Å²) < 4.78 is 0. The number of hydrogen-bond donors (Lipinski definition) is 4. The van der Waals surface area contributed by atoms with E-state index in [1.807, 2.05) is 24.3 Å². The molecule has 0 spiro atoms. The number of amides is 4. The number of nitrogens with one attached hydrogen (secondary N) is 4. The molecule has 0 aliphatic rings. The van der Waals surface area contributed by atoms with E-state index in [2.05, 4.69) is 21.3 Å². The van der Waals surface area contributed by atoms with Crippen LogP contribution in [0.15, 0.2) is 72.1 Å². The van der Waals surface area contributed by atoms with Crippen molar-refractivity contribution in [3.63, 3.8) is 0 Å². The molecule has 178 valence electrons. The quantitative estimate of drug-likeness (QED) is 0.428. The summed E-state index contributed by atoms with van der Waals surface area (Å²) in [5.74, 6) is -2.39. The highest BCUT2D eigenvalue weighted by Gasteiger charge is 2.27. The summed E-state index contributed by atoms with van der Waals surface area (Å²) in [7, 11) is 1.46. The maximum absolute atomic E-state index is 13.1. The number of carbonyl (C=O) groups excluding carboxylic acids is 4. The van der Waals surface area contributed by atoms with Crippen LogP contribution in [0.3, 0.4) is 0 Å². The second-order valence-electron chi connectivity index (χ2n) is 7.88. The maximum Gasteiger partial charge on any atom is 0.268 e. The van der Waals surface area contributed by atoms with Gasteiger partial charge in [-0.1, -0.05) is 74.5 Å². The molecule has 2 aromatic rings. The Morgan fingerprint density at radius 3 is 1.62 bits per heavy atom. The highest BCUT2D eigenvalue weighted by Crippen LogP contribution is 2.10. The van der Waals surface area contributed by atoms with Gasteiger partial charge in [-0.05, 0) is 29.2 Å². The molecule has 0 heterocycles. The van der Waals surface area contributed by atoms with Crippen LogP contribution in [-0.4, -0.2) is 36.7 Å². The first-order valence-corrected chi connectivity index (χ1v) is 10.9. The van der Waals surface area contributed by atoms with Gasteiger partial charge in [0.05, 0.1) is 0 Å². The third-order valence-corrected chi connectivity index (χ3v) is 4.74. The van der Waals surface area contributed by atoms with Crippen LogP contribution in [0.5, 0.6) is 0 Å². The van der Waals surface area contributed by atoms with Gasteiger partial charge >= 0.3 is 0 Å². The Morgan fingerprint density at radius 1 is 0.735 bits per heavy atom. The third-order valence-electron chi connectivity index (χ3n) is 4.74. The molecule has 8 nitrogen and oxygen atoms in total. The first-order chi connectivity index (χ1) is 16.2. The summed E-state index contributed by atoms with van der Waals surface area (Å²) in [5.41, 5.74) is 1.48. The van der Waals surface area contributed by atoms with Crippen molar-refractivity contribution >= 4 is 35.8 Å². The zero-order chi connectivity index (χ0) is 25.1. The van der Waals surface area contributed by atoms with E-state index in [-0.39, 0.29) is 17.3 Å². The number of rotatable bonds is 9. The van der Waals surface area contributed by atoms with Crippen molar-refractivity contribution in [2.45, 2.75) is 26.8 Å². The van der Waals surface area contributed by atoms with Gasteiger partial charge in [-0.2, -0.15) is 0 Å². The molecule has 8 heteroatoms. The molecular formula is C26H30N4O4. The topological polar surface area (TPSA) is 116 Å². The Bertz CT molecular complexity index is 1080. The Morgan fingerprint density at radius 2 is 1.21 bits per heavy atom. The standard InChI is InChI=1S/C26H30N4O4/c1-17(2)23(26(34)29-21(24(32)27-4)15-19-11-7-5-8-12-19)30-25(33)22(28-18(3)31)16-20-13-9-6-10-14-20/h5-17,23H,1-4H3,(H,27,32)(H,28,31)(H,29,34)(H,30,33)/b21-15+,22-16+. The van der Waals surface area contributed by atoms with Crippen molar-refractivity contribution in [2.75, 3.05) is 7.05 Å². The van der Waals surface area contributed by atoms with Crippen LogP contribution in [0, 0.1) is 5.92 Å². The minimum Gasteiger partial charge on any atom is -0.354 e. The highest BCUT2D eigenvalue weighted by atomic mass is 16.2. The molecule has 1 atom stereocenters. The van der Waals surface area contributed by atoms with E-state index < -0.39 is 29.7 Å². The average Bonchev–Trinajstić information content (AvgIpc) is 2.81. The van der Waals surface area contributed by atoms with Crippen LogP contribution < -0.4 is 21.3 Å². The SMILES string of the molecule is CNC(=O)/C(=C\c1ccccc1)NC(=O)C(NC(=O)/C(=C\c1ccccc1)NC(C)=O)C(C)C. The van der Waals surface area contributed by atoms with Gasteiger partial charge in [0.1, 0.15) is 17.4 Å². The van der Waals surface area contributed by atoms with Crippen LogP contribution in [0.2, 0.25) is 0 Å². The largest absolute Gasteiger partial charge is 0.354 e. The van der Waals surface area contributed by atoms with E-state index in [1.165, 1.54) is 20.0 Å². The zero-order valence-electron chi connectivity index (χ0n) is 19.7. The van der Waals surface area contributed by atoms with Crippen LogP contribution in [0.4, 0.5) is 0 Å². The van der Waals surface area contributed by atoms with Gasteiger partial charge in [0.15, 0.2) is 0 Å². The molecule has 4 N–H and O–H groups in total. The molecule has 2 rings (SSSR count). The smallest absolute Gasteiger partial charge is 0.268 e. The molecule has 0 bridgehead atoms. The van der Waals surface area contributed by atoms with Crippen molar-refractivity contribution in [1.82, 2.24) is 21.3 Å². The van der Waals surface area contributed by atoms with Gasteiger partial charge < -0.3 is 21.3 Å². The van der Waals surface area contributed by atoms with E-state index >= 15 is 0 Å². The Kier molecular flexibility index (Phi) is 9.76. The summed E-state index contributed by atoms with van der Waals surface area (Å²) in [6, 6.07) is 17.1. The first-order valence-electron chi connectivity index (χ1n) is 10.9. The van der Waals surface area contributed by atoms with E-state index in [0.717, 1.165) is 5.56 Å². The predicted octanol–water partition coefficient (Wildman–Crippen LogP) is 2.21. The van der Waals surface area contributed by atoms with E-state index in [9.17, 15) is 19.2 Å². The van der Waals surface area contributed by atoms with Gasteiger partial charge in [-0.25, -0.2) is 0 Å². The highest BCUT2D eigenvalue weighted by molar-refractivity contribution is 6.05. The molecule has 1 unspecified atom stereocenters. The van der Waals surface area contributed by atoms with Gasteiger partial charge in [0.2, 0.25) is 11.8 Å². The minimum atomic E-state index is -0.968. The normalized spacial score (nSPS) is 12.5. The third kappa shape index (κ3) is 8.05. The molecule has 0 radical (unpaired) electrons. The lowest BCUT2D eigenvalue weighted by Crippen LogP contribution is -2.51. The van der Waals surface area contributed by atoms with Crippen molar-refractivity contribution in [3.05, 3.63) is 83.2 Å². The molecule has 4 amide bonds. The van der Waals surface area contributed by atoms with E-state index in [4.69, 9.17) is 0 Å². The Labute approximate surface area is 199 Å². The molecule has 0 aromatic heterocycles. The number of carbonyl (C=O) groups is 4. The Balaban J connectivity index is 2.27. The molecular weight excluding hydrogens is 432 g/mol. The molecule has 0 aliphatic carbocycles. The summed E-state index contributed by atoms with van der Waals surface area (Å²) in [4.78, 5) is 50.1. The van der Waals surface area contributed by atoms with Gasteiger partial charge in [0.25, 0.3) is 11.8 Å². The summed E-state index contributed by atoms with van der Waals surface area (Å²) >= 11 is 0. The van der Waals surface area contributed by atoms with E-state index in [1.54, 1.807) is 56.3 Å². The fraction of sp³-hybridized carbons (Fsp3) is 0.231. The fourth-order valence-electron chi connectivity index (χ4n) is 3.04. The molecule has 0 fully saturated rings. The minimum absolute atomic E-state index is 0.00324. The predicted molar refractivity (Wildman–Crippen MR) is 132 cm³/mol. The monoisotopic (exact) mass is 462 g/mol. The lowest BCUT2D eigenvalue weighted by atomic mass is 10.0. The van der Waals surface area contributed by atoms with Gasteiger partial charge in [-0.3, -0.25) is 19.2 Å². The lowest BCUT2D eigenvalue weighted by Gasteiger charge is -2.23. The van der Waals surface area contributed by atoms with Gasteiger partial charge in [-0.15, -0.1) is 0 Å². The fourth-order valence-corrected chi connectivity index (χ4v) is 3.04. The second kappa shape index (κ2) is 12.7. The van der Waals surface area contributed by atoms with Crippen LogP contribution in [0.1, 0.15) is 31.9 Å². The lowest BCUT2D eigenvalue weighted by molar-refractivity contribution is -0.129. The van der Waals surface area contributed by atoms with Crippen LogP contribution >= 0.6 is 0 Å². The molecule has 0 aliphatic heterocycles. The maximum atomic E-state index is 13.1. The Hall–Kier alpha value is -4.20. The molecule has 0 saturated heterocycles. The van der Waals surface area contributed by atoms with Crippen LogP contribution in [-0.2, 0) is 19.2 Å². The zero-order valence-corrected chi connectivity index (χ0v) is 19.7.